The molecule has 1 unspecified atom stereocenters. The lowest BCUT2D eigenvalue weighted by Gasteiger charge is -2.00. The molecule has 0 saturated heterocycles. The van der Waals surface area contributed by atoms with Gasteiger partial charge in [-0.1, -0.05) is 0 Å². The van der Waals surface area contributed by atoms with E-state index in [1.54, 1.807) is 19.1 Å². The first-order valence-corrected chi connectivity index (χ1v) is 4.43. The van der Waals surface area contributed by atoms with Crippen LogP contribution in [0.25, 0.3) is 0 Å². The number of halogens is 1. The van der Waals surface area contributed by atoms with E-state index >= 15 is 0 Å². The molecular formula is C8H10BrNO2. The number of ketones is 1. The van der Waals surface area contributed by atoms with Gasteiger partial charge in [-0.2, -0.15) is 0 Å². The van der Waals surface area contributed by atoms with Crippen LogP contribution in [0.2, 0.25) is 0 Å². The zero-order chi connectivity index (χ0) is 9.14. The number of nitrogens with two attached hydrogens (primary N) is 1. The molecule has 0 saturated carbocycles. The first-order valence-electron chi connectivity index (χ1n) is 3.63. The summed E-state index contributed by atoms with van der Waals surface area (Å²) in [5, 5.41) is 0. The molecule has 0 radical (unpaired) electrons. The third kappa shape index (κ3) is 2.46. The van der Waals surface area contributed by atoms with Crippen molar-refractivity contribution in [2.75, 3.05) is 0 Å². The largest absolute Gasteiger partial charge is 0.446 e. The summed E-state index contributed by atoms with van der Waals surface area (Å²) in [5.41, 5.74) is 5.46. The normalized spacial score (nSPS) is 12.9. The van der Waals surface area contributed by atoms with E-state index in [0.717, 1.165) is 0 Å². The van der Waals surface area contributed by atoms with E-state index in [0.29, 0.717) is 16.9 Å². The Morgan fingerprint density at radius 2 is 2.42 bits per heavy atom. The SMILES string of the molecule is CC(N)CC(=O)c1ccc(Br)o1. The van der Waals surface area contributed by atoms with Crippen molar-refractivity contribution in [3.63, 3.8) is 0 Å². The zero-order valence-corrected chi connectivity index (χ0v) is 8.30. The number of carbonyl (C=O) groups is 1. The van der Waals surface area contributed by atoms with Crippen LogP contribution in [0.1, 0.15) is 23.9 Å². The van der Waals surface area contributed by atoms with Gasteiger partial charge in [-0.05, 0) is 35.0 Å². The van der Waals surface area contributed by atoms with Gasteiger partial charge in [-0.3, -0.25) is 4.79 Å². The molecule has 66 valence electrons. The van der Waals surface area contributed by atoms with Gasteiger partial charge in [0.25, 0.3) is 0 Å². The molecule has 4 heteroatoms. The number of Topliss-reactive ketones (excluding diaryl/α,β-unsaturated/α-hetero) is 1. The average molecular weight is 232 g/mol. The second-order valence-corrected chi connectivity index (χ2v) is 3.49. The molecule has 1 aromatic rings. The van der Waals surface area contributed by atoms with Gasteiger partial charge in [0.2, 0.25) is 0 Å². The molecule has 12 heavy (non-hydrogen) atoms. The Morgan fingerprint density at radius 1 is 1.75 bits per heavy atom. The van der Waals surface area contributed by atoms with Crippen molar-refractivity contribution in [1.82, 2.24) is 0 Å². The minimum atomic E-state index is -0.124. The maximum absolute atomic E-state index is 11.3. The molecule has 0 amide bonds. The molecule has 0 spiro atoms. The highest BCUT2D eigenvalue weighted by atomic mass is 79.9. The van der Waals surface area contributed by atoms with Crippen LogP contribution < -0.4 is 5.73 Å². The number of carbonyl (C=O) groups excluding carboxylic acids is 1. The number of furan rings is 1. The standard InChI is InChI=1S/C8H10BrNO2/c1-5(10)4-6(11)7-2-3-8(9)12-7/h2-3,5H,4,10H2,1H3. The summed E-state index contributed by atoms with van der Waals surface area (Å²) >= 11 is 3.12. The van der Waals surface area contributed by atoms with Crippen LogP contribution >= 0.6 is 15.9 Å². The molecule has 1 heterocycles. The van der Waals surface area contributed by atoms with Crippen molar-refractivity contribution in [3.05, 3.63) is 22.6 Å². The minimum absolute atomic E-state index is 0.0595. The van der Waals surface area contributed by atoms with E-state index in [9.17, 15) is 4.79 Å². The Kier molecular flexibility index (Phi) is 3.05. The fraction of sp³-hybridized carbons (Fsp3) is 0.375. The predicted octanol–water partition coefficient (Wildman–Crippen LogP) is 1.96. The molecule has 0 aliphatic rings. The van der Waals surface area contributed by atoms with E-state index in [1.807, 2.05) is 0 Å². The van der Waals surface area contributed by atoms with Crippen LogP contribution in [0.3, 0.4) is 0 Å². The molecule has 2 N–H and O–H groups in total. The summed E-state index contributed by atoms with van der Waals surface area (Å²) in [4.78, 5) is 11.3. The second-order valence-electron chi connectivity index (χ2n) is 2.71. The molecule has 1 atom stereocenters. The Labute approximate surface area is 79.1 Å². The van der Waals surface area contributed by atoms with Gasteiger partial charge in [-0.25, -0.2) is 0 Å². The zero-order valence-electron chi connectivity index (χ0n) is 6.71. The lowest BCUT2D eigenvalue weighted by molar-refractivity contribution is 0.0948. The fourth-order valence-electron chi connectivity index (χ4n) is 0.857. The lowest BCUT2D eigenvalue weighted by atomic mass is 10.1. The molecule has 1 aromatic heterocycles. The third-order valence-corrected chi connectivity index (χ3v) is 1.78. The molecule has 0 fully saturated rings. The van der Waals surface area contributed by atoms with Crippen LogP contribution in [0, 0.1) is 0 Å². The predicted molar refractivity (Wildman–Crippen MR) is 49.0 cm³/mol. The number of hydrogen-bond donors (Lipinski definition) is 1. The molecule has 3 nitrogen and oxygen atoms in total. The summed E-state index contributed by atoms with van der Waals surface area (Å²) < 4.78 is 5.62. The smallest absolute Gasteiger partial charge is 0.199 e. The Hall–Kier alpha value is -0.610. The van der Waals surface area contributed by atoms with Crippen LogP contribution in [0.4, 0.5) is 0 Å². The van der Waals surface area contributed by atoms with E-state index in [4.69, 9.17) is 10.2 Å². The first kappa shape index (κ1) is 9.48. The van der Waals surface area contributed by atoms with Crippen molar-refractivity contribution in [2.24, 2.45) is 5.73 Å². The third-order valence-electron chi connectivity index (χ3n) is 1.36. The van der Waals surface area contributed by atoms with E-state index in [2.05, 4.69) is 15.9 Å². The Balaban J connectivity index is 2.65. The van der Waals surface area contributed by atoms with Gasteiger partial charge in [0.1, 0.15) is 0 Å². The molecule has 0 aliphatic carbocycles. The first-order chi connectivity index (χ1) is 5.59. The minimum Gasteiger partial charge on any atom is -0.446 e. The molecular weight excluding hydrogens is 222 g/mol. The summed E-state index contributed by atoms with van der Waals surface area (Å²) in [6.07, 6.45) is 0.319. The van der Waals surface area contributed by atoms with Gasteiger partial charge >= 0.3 is 0 Å². The monoisotopic (exact) mass is 231 g/mol. The fourth-order valence-corrected chi connectivity index (χ4v) is 1.16. The van der Waals surface area contributed by atoms with Crippen LogP contribution in [0.5, 0.6) is 0 Å². The maximum Gasteiger partial charge on any atom is 0.199 e. The molecule has 0 aliphatic heterocycles. The molecule has 0 bridgehead atoms. The number of hydrogen-bond acceptors (Lipinski definition) is 3. The summed E-state index contributed by atoms with van der Waals surface area (Å²) in [6, 6.07) is 3.20. The van der Waals surface area contributed by atoms with Crippen molar-refractivity contribution < 1.29 is 9.21 Å². The topological polar surface area (TPSA) is 56.2 Å². The van der Waals surface area contributed by atoms with Crippen LogP contribution in [-0.4, -0.2) is 11.8 Å². The van der Waals surface area contributed by atoms with Crippen molar-refractivity contribution >= 4 is 21.7 Å². The Morgan fingerprint density at radius 3 is 2.83 bits per heavy atom. The molecule has 1 rings (SSSR count). The van der Waals surface area contributed by atoms with Crippen molar-refractivity contribution in [1.29, 1.82) is 0 Å². The Bertz CT molecular complexity index is 280. The summed E-state index contributed by atoms with van der Waals surface area (Å²) in [6.45, 7) is 1.79. The quantitative estimate of drug-likeness (QED) is 0.810. The van der Waals surface area contributed by atoms with E-state index < -0.39 is 0 Å². The second kappa shape index (κ2) is 3.87. The summed E-state index contributed by atoms with van der Waals surface area (Å²) in [5.74, 6) is 0.301. The van der Waals surface area contributed by atoms with Gasteiger partial charge in [-0.15, -0.1) is 0 Å². The summed E-state index contributed by atoms with van der Waals surface area (Å²) in [7, 11) is 0. The van der Waals surface area contributed by atoms with Gasteiger partial charge < -0.3 is 10.2 Å². The van der Waals surface area contributed by atoms with Crippen molar-refractivity contribution in [3.8, 4) is 0 Å². The number of rotatable bonds is 3. The maximum atomic E-state index is 11.3. The van der Waals surface area contributed by atoms with Crippen LogP contribution in [0.15, 0.2) is 21.2 Å². The molecule has 0 aromatic carbocycles. The van der Waals surface area contributed by atoms with Crippen LogP contribution in [-0.2, 0) is 0 Å². The van der Waals surface area contributed by atoms with Gasteiger partial charge in [0, 0.05) is 12.5 Å². The highest BCUT2D eigenvalue weighted by molar-refractivity contribution is 9.10. The highest BCUT2D eigenvalue weighted by Gasteiger charge is 2.11. The highest BCUT2D eigenvalue weighted by Crippen LogP contribution is 2.15. The average Bonchev–Trinajstić information content (AvgIpc) is 2.34. The van der Waals surface area contributed by atoms with E-state index in [1.165, 1.54) is 0 Å². The van der Waals surface area contributed by atoms with Gasteiger partial charge in [0.15, 0.2) is 16.2 Å². The lowest BCUT2D eigenvalue weighted by Crippen LogP contribution is -2.19. The van der Waals surface area contributed by atoms with E-state index in [-0.39, 0.29) is 11.8 Å². The van der Waals surface area contributed by atoms with Crippen molar-refractivity contribution in [2.45, 2.75) is 19.4 Å². The van der Waals surface area contributed by atoms with Gasteiger partial charge in [0.05, 0.1) is 0 Å².